The third kappa shape index (κ3) is 1.23. The molecule has 2 heterocycles. The summed E-state index contributed by atoms with van der Waals surface area (Å²) in [5.41, 5.74) is 1.82. The molecule has 0 amide bonds. The largest absolute Gasteiger partial charge is 0.480 e. The van der Waals surface area contributed by atoms with E-state index in [2.05, 4.69) is 5.32 Å². The van der Waals surface area contributed by atoms with Crippen LogP contribution in [0.5, 0.6) is 0 Å². The Morgan fingerprint density at radius 2 is 2.54 bits per heavy atom. The van der Waals surface area contributed by atoms with E-state index in [0.29, 0.717) is 6.54 Å². The van der Waals surface area contributed by atoms with Crippen LogP contribution in [-0.4, -0.2) is 17.6 Å². The lowest BCUT2D eigenvalue weighted by molar-refractivity contribution is -0.139. The molecule has 0 fully saturated rings. The average molecular weight is 181 g/mol. The summed E-state index contributed by atoms with van der Waals surface area (Å²) in [6.07, 6.45) is 2.39. The lowest BCUT2D eigenvalue weighted by Gasteiger charge is -2.19. The molecule has 1 aliphatic rings. The summed E-state index contributed by atoms with van der Waals surface area (Å²) in [6, 6.07) is -0.596. The van der Waals surface area contributed by atoms with Gasteiger partial charge in [-0.2, -0.15) is 0 Å². The molecule has 70 valence electrons. The molecule has 0 aliphatic carbocycles. The summed E-state index contributed by atoms with van der Waals surface area (Å²) in [5, 5.41) is 11.8. The number of aryl methyl sites for hydroxylation is 1. The van der Waals surface area contributed by atoms with Gasteiger partial charge in [-0.15, -0.1) is 0 Å². The molecule has 0 saturated carbocycles. The van der Waals surface area contributed by atoms with Crippen LogP contribution >= 0.6 is 0 Å². The number of carbonyl (C=O) groups is 1. The molecule has 4 nitrogen and oxygen atoms in total. The second kappa shape index (κ2) is 2.88. The van der Waals surface area contributed by atoms with E-state index in [1.165, 1.54) is 6.26 Å². The maximum atomic E-state index is 10.8. The lowest BCUT2D eigenvalue weighted by atomic mass is 9.97. The molecule has 0 bridgehead atoms. The minimum atomic E-state index is -0.846. The highest BCUT2D eigenvalue weighted by molar-refractivity contribution is 5.76. The predicted molar refractivity (Wildman–Crippen MR) is 45.5 cm³/mol. The van der Waals surface area contributed by atoms with Crippen LogP contribution in [0.1, 0.15) is 22.9 Å². The number of aliphatic carboxylic acids is 1. The molecule has 1 aliphatic heterocycles. The third-order valence-electron chi connectivity index (χ3n) is 2.42. The van der Waals surface area contributed by atoms with Gasteiger partial charge in [0, 0.05) is 12.1 Å². The third-order valence-corrected chi connectivity index (χ3v) is 2.42. The molecule has 0 aromatic carbocycles. The second-order valence-electron chi connectivity index (χ2n) is 3.20. The van der Waals surface area contributed by atoms with E-state index in [0.717, 1.165) is 23.3 Å². The van der Waals surface area contributed by atoms with Gasteiger partial charge in [0.1, 0.15) is 11.8 Å². The normalized spacial score (nSPS) is 21.2. The molecule has 4 heteroatoms. The van der Waals surface area contributed by atoms with Crippen LogP contribution in [0.15, 0.2) is 10.7 Å². The zero-order valence-electron chi connectivity index (χ0n) is 7.33. The van der Waals surface area contributed by atoms with Gasteiger partial charge >= 0.3 is 5.97 Å². The van der Waals surface area contributed by atoms with Crippen LogP contribution in [0, 0.1) is 6.92 Å². The number of fused-ring (bicyclic) bond motifs is 1. The summed E-state index contributed by atoms with van der Waals surface area (Å²) in [5.74, 6) is -0.00972. The van der Waals surface area contributed by atoms with Crippen molar-refractivity contribution in [3.63, 3.8) is 0 Å². The van der Waals surface area contributed by atoms with Gasteiger partial charge in [0.05, 0.1) is 6.26 Å². The summed E-state index contributed by atoms with van der Waals surface area (Å²) >= 11 is 0. The van der Waals surface area contributed by atoms with Crippen LogP contribution in [0.2, 0.25) is 0 Å². The Hall–Kier alpha value is -1.29. The predicted octanol–water partition coefficient (Wildman–Crippen LogP) is 0.859. The number of hydrogen-bond donors (Lipinski definition) is 2. The van der Waals surface area contributed by atoms with Crippen molar-refractivity contribution >= 4 is 5.97 Å². The van der Waals surface area contributed by atoms with Crippen molar-refractivity contribution in [2.24, 2.45) is 0 Å². The summed E-state index contributed by atoms with van der Waals surface area (Å²) < 4.78 is 5.19. The van der Waals surface area contributed by atoms with E-state index in [1.54, 1.807) is 0 Å². The van der Waals surface area contributed by atoms with Crippen molar-refractivity contribution in [2.75, 3.05) is 6.54 Å². The lowest BCUT2D eigenvalue weighted by Crippen LogP contribution is -2.34. The van der Waals surface area contributed by atoms with Crippen LogP contribution in [0.25, 0.3) is 0 Å². The smallest absolute Gasteiger partial charge is 0.325 e. The zero-order valence-corrected chi connectivity index (χ0v) is 7.33. The number of rotatable bonds is 1. The van der Waals surface area contributed by atoms with Gasteiger partial charge in [-0.05, 0) is 18.9 Å². The van der Waals surface area contributed by atoms with E-state index >= 15 is 0 Å². The highest BCUT2D eigenvalue weighted by Crippen LogP contribution is 2.26. The maximum Gasteiger partial charge on any atom is 0.325 e. The number of carboxylic acid groups (broad SMARTS) is 1. The van der Waals surface area contributed by atoms with Crippen molar-refractivity contribution in [1.82, 2.24) is 5.32 Å². The Bertz CT molecular complexity index is 343. The van der Waals surface area contributed by atoms with Crippen LogP contribution in [0.4, 0.5) is 0 Å². The summed E-state index contributed by atoms with van der Waals surface area (Å²) in [4.78, 5) is 10.8. The number of nitrogens with one attached hydrogen (secondary N) is 1. The summed E-state index contributed by atoms with van der Waals surface area (Å²) in [7, 11) is 0. The molecule has 2 rings (SSSR count). The Morgan fingerprint density at radius 3 is 3.23 bits per heavy atom. The van der Waals surface area contributed by atoms with E-state index in [-0.39, 0.29) is 0 Å². The number of carboxylic acids is 1. The van der Waals surface area contributed by atoms with Crippen LogP contribution in [-0.2, 0) is 11.2 Å². The molecule has 0 radical (unpaired) electrons. The van der Waals surface area contributed by atoms with Crippen molar-refractivity contribution < 1.29 is 14.3 Å². The quantitative estimate of drug-likeness (QED) is 0.674. The highest BCUT2D eigenvalue weighted by atomic mass is 16.4. The highest BCUT2D eigenvalue weighted by Gasteiger charge is 2.28. The monoisotopic (exact) mass is 181 g/mol. The van der Waals surface area contributed by atoms with Crippen molar-refractivity contribution in [3.05, 3.63) is 23.2 Å². The second-order valence-corrected chi connectivity index (χ2v) is 3.20. The van der Waals surface area contributed by atoms with E-state index < -0.39 is 12.0 Å². The van der Waals surface area contributed by atoms with Crippen LogP contribution < -0.4 is 5.32 Å². The van der Waals surface area contributed by atoms with Gasteiger partial charge in [0.15, 0.2) is 0 Å². The average Bonchev–Trinajstić information content (AvgIpc) is 2.48. The van der Waals surface area contributed by atoms with Gasteiger partial charge in [-0.1, -0.05) is 0 Å². The van der Waals surface area contributed by atoms with Crippen molar-refractivity contribution in [2.45, 2.75) is 19.4 Å². The van der Waals surface area contributed by atoms with E-state index in [9.17, 15) is 4.79 Å². The summed E-state index contributed by atoms with van der Waals surface area (Å²) in [6.45, 7) is 2.56. The van der Waals surface area contributed by atoms with Gasteiger partial charge in [0.25, 0.3) is 0 Å². The van der Waals surface area contributed by atoms with Crippen molar-refractivity contribution in [3.8, 4) is 0 Å². The van der Waals surface area contributed by atoms with Crippen molar-refractivity contribution in [1.29, 1.82) is 0 Å². The van der Waals surface area contributed by atoms with E-state index in [4.69, 9.17) is 9.52 Å². The molecule has 1 aromatic heterocycles. The Kier molecular flexibility index (Phi) is 1.84. The minimum Gasteiger partial charge on any atom is -0.480 e. The standard InChI is InChI=1S/C9H11NO3/c1-5-6-2-3-10-8(9(11)12)7(6)4-13-5/h4,8,10H,2-3H2,1H3,(H,11,12). The fourth-order valence-corrected chi connectivity index (χ4v) is 1.73. The SMILES string of the molecule is Cc1occ2c1CCNC2C(=O)O. The number of furan rings is 1. The van der Waals surface area contributed by atoms with Gasteiger partial charge in [-0.3, -0.25) is 4.79 Å². The molecular weight excluding hydrogens is 170 g/mol. The molecule has 1 aromatic rings. The van der Waals surface area contributed by atoms with Gasteiger partial charge < -0.3 is 14.8 Å². The zero-order chi connectivity index (χ0) is 9.42. The first-order valence-electron chi connectivity index (χ1n) is 4.23. The van der Waals surface area contributed by atoms with Gasteiger partial charge in [-0.25, -0.2) is 0 Å². The number of hydrogen-bond acceptors (Lipinski definition) is 3. The Morgan fingerprint density at radius 1 is 1.77 bits per heavy atom. The maximum absolute atomic E-state index is 10.8. The molecule has 2 N–H and O–H groups in total. The molecule has 1 atom stereocenters. The topological polar surface area (TPSA) is 62.5 Å². The van der Waals surface area contributed by atoms with Crippen LogP contribution in [0.3, 0.4) is 0 Å². The molecule has 0 saturated heterocycles. The molecule has 1 unspecified atom stereocenters. The first kappa shape index (κ1) is 8.31. The Labute approximate surface area is 75.6 Å². The fraction of sp³-hybridized carbons (Fsp3) is 0.444. The van der Waals surface area contributed by atoms with E-state index in [1.807, 2.05) is 6.92 Å². The molecule has 13 heavy (non-hydrogen) atoms. The molecule has 0 spiro atoms. The fourth-order valence-electron chi connectivity index (χ4n) is 1.73. The minimum absolute atomic E-state index is 0.596. The first-order chi connectivity index (χ1) is 6.20. The molecular formula is C9H11NO3. The van der Waals surface area contributed by atoms with Gasteiger partial charge in [0.2, 0.25) is 0 Å². The Balaban J connectivity index is 2.43. The first-order valence-corrected chi connectivity index (χ1v) is 4.23.